The maximum absolute atomic E-state index is 14.0. The summed E-state index contributed by atoms with van der Waals surface area (Å²) >= 11 is 1.10. The van der Waals surface area contributed by atoms with Crippen molar-refractivity contribution in [2.24, 2.45) is 0 Å². The molecule has 1 aliphatic rings. The number of thiophene rings is 1. The summed E-state index contributed by atoms with van der Waals surface area (Å²) in [5, 5.41) is 12.6. The number of carboxylic acids is 1. The summed E-state index contributed by atoms with van der Waals surface area (Å²) in [7, 11) is 0. The zero-order chi connectivity index (χ0) is 17.9. The van der Waals surface area contributed by atoms with Gasteiger partial charge in [-0.2, -0.15) is 0 Å². The van der Waals surface area contributed by atoms with Gasteiger partial charge in [-0.15, -0.1) is 11.3 Å². The van der Waals surface area contributed by atoms with Crippen LogP contribution in [0.25, 0.3) is 0 Å². The summed E-state index contributed by atoms with van der Waals surface area (Å²) in [6, 6.07) is 4.68. The molecule has 0 amide bonds. The first kappa shape index (κ1) is 18.1. The minimum absolute atomic E-state index is 0.0359. The van der Waals surface area contributed by atoms with Crippen LogP contribution in [0.2, 0.25) is 0 Å². The summed E-state index contributed by atoms with van der Waals surface area (Å²) in [6.45, 7) is 5.78. The lowest BCUT2D eigenvalue weighted by molar-refractivity contribution is 0.0697. The number of carbonyl (C=O) groups is 2. The molecule has 0 spiro atoms. The number of Topliss-reactive ketones (excluding diaryl/α,β-unsaturated/α-hetero) is 1. The summed E-state index contributed by atoms with van der Waals surface area (Å²) in [5.74, 6) is -1.58. The smallest absolute Gasteiger partial charge is 0.339 e. The van der Waals surface area contributed by atoms with E-state index in [1.54, 1.807) is 19.1 Å². The van der Waals surface area contributed by atoms with Crippen LogP contribution in [-0.2, 0) is 6.42 Å². The molecular formula is C18H20FNO3S. The van der Waals surface area contributed by atoms with Gasteiger partial charge in [-0.1, -0.05) is 19.9 Å². The fourth-order valence-electron chi connectivity index (χ4n) is 2.63. The van der Waals surface area contributed by atoms with Crippen LogP contribution in [0.15, 0.2) is 18.2 Å². The van der Waals surface area contributed by atoms with E-state index in [1.807, 2.05) is 13.8 Å². The SMILES string of the molecule is CC.Cc1ccc(Nc2sc3c(c2C(=O)O)CCCC3=O)c(F)c1. The molecule has 0 fully saturated rings. The molecule has 0 atom stereocenters. The van der Waals surface area contributed by atoms with E-state index < -0.39 is 11.8 Å². The van der Waals surface area contributed by atoms with E-state index in [2.05, 4.69) is 5.32 Å². The van der Waals surface area contributed by atoms with Gasteiger partial charge in [0.2, 0.25) is 0 Å². The van der Waals surface area contributed by atoms with Crippen molar-refractivity contribution in [3.63, 3.8) is 0 Å². The molecule has 0 saturated carbocycles. The van der Waals surface area contributed by atoms with E-state index in [-0.39, 0.29) is 17.0 Å². The number of hydrogen-bond acceptors (Lipinski definition) is 4. The lowest BCUT2D eigenvalue weighted by Crippen LogP contribution is -2.11. The molecule has 2 N–H and O–H groups in total. The van der Waals surface area contributed by atoms with Gasteiger partial charge in [0.15, 0.2) is 5.78 Å². The number of hydrogen-bond donors (Lipinski definition) is 2. The minimum atomic E-state index is -1.10. The third kappa shape index (κ3) is 3.48. The molecule has 1 heterocycles. The highest BCUT2D eigenvalue weighted by Gasteiger charge is 2.29. The fraction of sp³-hybridized carbons (Fsp3) is 0.333. The highest BCUT2D eigenvalue weighted by molar-refractivity contribution is 7.18. The van der Waals surface area contributed by atoms with Gasteiger partial charge in [0, 0.05) is 6.42 Å². The van der Waals surface area contributed by atoms with E-state index in [0.717, 1.165) is 16.9 Å². The standard InChI is InChI=1S/C16H14FNO3S.C2H6/c1-8-5-6-11(10(17)7-8)18-15-13(16(20)21)9-3-2-4-12(19)14(9)22-15;1-2/h5-7,18H,2-4H2,1H3,(H,20,21);1-2H3. The molecule has 4 nitrogen and oxygen atoms in total. The Labute approximate surface area is 144 Å². The predicted octanol–water partition coefficient (Wildman–Crippen LogP) is 5.18. The molecular weight excluding hydrogens is 329 g/mol. The van der Waals surface area contributed by atoms with Gasteiger partial charge >= 0.3 is 5.97 Å². The van der Waals surface area contributed by atoms with E-state index in [1.165, 1.54) is 6.07 Å². The Kier molecular flexibility index (Phi) is 5.72. The lowest BCUT2D eigenvalue weighted by Gasteiger charge is -2.10. The second-order valence-corrected chi connectivity index (χ2v) is 6.32. The number of benzene rings is 1. The molecule has 1 aromatic heterocycles. The summed E-state index contributed by atoms with van der Waals surface area (Å²) < 4.78 is 14.0. The van der Waals surface area contributed by atoms with E-state index in [4.69, 9.17) is 0 Å². The number of carbonyl (C=O) groups excluding carboxylic acids is 1. The average Bonchev–Trinajstić information content (AvgIpc) is 2.92. The first-order valence-electron chi connectivity index (χ1n) is 7.92. The average molecular weight is 349 g/mol. The van der Waals surface area contributed by atoms with Gasteiger partial charge in [0.05, 0.1) is 16.1 Å². The third-order valence-corrected chi connectivity index (χ3v) is 4.87. The second-order valence-electron chi connectivity index (χ2n) is 5.30. The van der Waals surface area contributed by atoms with Gasteiger partial charge in [-0.25, -0.2) is 9.18 Å². The summed E-state index contributed by atoms with van der Waals surface area (Å²) in [4.78, 5) is 24.0. The third-order valence-electron chi connectivity index (χ3n) is 3.68. The van der Waals surface area contributed by atoms with Gasteiger partial charge in [0.25, 0.3) is 0 Å². The van der Waals surface area contributed by atoms with E-state index >= 15 is 0 Å². The van der Waals surface area contributed by atoms with Crippen LogP contribution in [0.3, 0.4) is 0 Å². The normalized spacial score (nSPS) is 12.9. The van der Waals surface area contributed by atoms with Crippen molar-refractivity contribution in [3.05, 3.63) is 45.6 Å². The molecule has 2 aromatic rings. The highest BCUT2D eigenvalue weighted by Crippen LogP contribution is 2.39. The molecule has 0 saturated heterocycles. The summed E-state index contributed by atoms with van der Waals surface area (Å²) in [5.41, 5.74) is 1.65. The largest absolute Gasteiger partial charge is 0.478 e. The zero-order valence-corrected chi connectivity index (χ0v) is 14.7. The lowest BCUT2D eigenvalue weighted by atomic mass is 9.94. The zero-order valence-electron chi connectivity index (χ0n) is 13.9. The Hall–Kier alpha value is -2.21. The first-order valence-corrected chi connectivity index (χ1v) is 8.74. The maximum atomic E-state index is 14.0. The van der Waals surface area contributed by atoms with Crippen LogP contribution < -0.4 is 5.32 Å². The van der Waals surface area contributed by atoms with Gasteiger partial charge in [-0.3, -0.25) is 4.79 Å². The van der Waals surface area contributed by atoms with Crippen LogP contribution in [0.1, 0.15) is 57.8 Å². The van der Waals surface area contributed by atoms with Gasteiger partial charge in [-0.05, 0) is 43.0 Å². The van der Waals surface area contributed by atoms with Crippen molar-refractivity contribution in [2.45, 2.75) is 40.0 Å². The Morgan fingerprint density at radius 3 is 2.62 bits per heavy atom. The Morgan fingerprint density at radius 1 is 1.29 bits per heavy atom. The fourth-order valence-corrected chi connectivity index (χ4v) is 3.85. The number of nitrogens with one attached hydrogen (secondary N) is 1. The molecule has 0 aliphatic heterocycles. The molecule has 0 bridgehead atoms. The highest BCUT2D eigenvalue weighted by atomic mass is 32.1. The number of aromatic carboxylic acids is 1. The van der Waals surface area contributed by atoms with Crippen molar-refractivity contribution in [3.8, 4) is 0 Å². The molecule has 1 aliphatic carbocycles. The van der Waals surface area contributed by atoms with Crippen molar-refractivity contribution < 1.29 is 19.1 Å². The van der Waals surface area contributed by atoms with Crippen LogP contribution in [-0.4, -0.2) is 16.9 Å². The molecule has 0 radical (unpaired) electrons. The Morgan fingerprint density at radius 2 is 2.00 bits per heavy atom. The topological polar surface area (TPSA) is 66.4 Å². The van der Waals surface area contributed by atoms with Crippen LogP contribution >= 0.6 is 11.3 Å². The van der Waals surface area contributed by atoms with Crippen molar-refractivity contribution in [2.75, 3.05) is 5.32 Å². The van der Waals surface area contributed by atoms with Crippen molar-refractivity contribution in [1.29, 1.82) is 0 Å². The quantitative estimate of drug-likeness (QED) is 0.801. The first-order chi connectivity index (χ1) is 11.5. The van der Waals surface area contributed by atoms with Crippen LogP contribution in [0.5, 0.6) is 0 Å². The number of carboxylic acid groups (broad SMARTS) is 1. The van der Waals surface area contributed by atoms with Crippen molar-refractivity contribution in [1.82, 2.24) is 0 Å². The molecule has 6 heteroatoms. The summed E-state index contributed by atoms with van der Waals surface area (Å²) in [6.07, 6.45) is 1.66. The predicted molar refractivity (Wildman–Crippen MR) is 94.3 cm³/mol. The van der Waals surface area contributed by atoms with Gasteiger partial charge in [0.1, 0.15) is 10.8 Å². The number of fused-ring (bicyclic) bond motifs is 1. The Bertz CT molecular complexity index is 783. The van der Waals surface area contributed by atoms with Crippen LogP contribution in [0, 0.1) is 12.7 Å². The molecule has 24 heavy (non-hydrogen) atoms. The molecule has 3 rings (SSSR count). The minimum Gasteiger partial charge on any atom is -0.478 e. The van der Waals surface area contributed by atoms with E-state index in [9.17, 15) is 19.1 Å². The Balaban J connectivity index is 0.00000100. The molecule has 0 unspecified atom stereocenters. The maximum Gasteiger partial charge on any atom is 0.339 e. The van der Waals surface area contributed by atoms with Crippen molar-refractivity contribution >= 4 is 33.8 Å². The van der Waals surface area contributed by atoms with E-state index in [0.29, 0.717) is 34.7 Å². The monoisotopic (exact) mass is 349 g/mol. The van der Waals surface area contributed by atoms with Gasteiger partial charge < -0.3 is 10.4 Å². The number of halogens is 1. The number of aryl methyl sites for hydroxylation is 1. The van der Waals surface area contributed by atoms with Crippen LogP contribution in [0.4, 0.5) is 15.1 Å². The molecule has 1 aromatic carbocycles. The number of rotatable bonds is 3. The number of ketones is 1. The second kappa shape index (κ2) is 7.57. The molecule has 128 valence electrons. The number of anilines is 2.